The maximum Gasteiger partial charge on any atom is 0.416 e. The molecule has 24 heavy (non-hydrogen) atoms. The van der Waals surface area contributed by atoms with E-state index in [1.165, 1.54) is 16.9 Å². The lowest BCUT2D eigenvalue weighted by Gasteiger charge is -2.22. The van der Waals surface area contributed by atoms with Crippen LogP contribution in [0.3, 0.4) is 0 Å². The largest absolute Gasteiger partial charge is 0.416 e. The monoisotopic (exact) mass is 343 g/mol. The molecule has 0 radical (unpaired) electrons. The zero-order valence-electron chi connectivity index (χ0n) is 12.7. The van der Waals surface area contributed by atoms with Crippen LogP contribution in [0.5, 0.6) is 0 Å². The molecule has 0 bridgehead atoms. The average Bonchev–Trinajstić information content (AvgIpc) is 2.94. The standard InChI is InChI=1S/C14H16F3N5O2/c1-21(9-11(23)14(15,16)17)13(24)20-12-5-7-19-22(12)8-10-4-2-3-6-18-10/h2-7,11,23H,8-9H2,1H3,(H,20,24). The topological polar surface area (TPSA) is 83.3 Å². The lowest BCUT2D eigenvalue weighted by Crippen LogP contribution is -2.43. The summed E-state index contributed by atoms with van der Waals surface area (Å²) in [6, 6.07) is 6.06. The van der Waals surface area contributed by atoms with Crippen LogP contribution in [0.1, 0.15) is 5.69 Å². The molecule has 0 fully saturated rings. The number of aliphatic hydroxyl groups excluding tert-OH is 1. The van der Waals surface area contributed by atoms with Crippen LogP contribution >= 0.6 is 0 Å². The fourth-order valence-electron chi connectivity index (χ4n) is 1.86. The van der Waals surface area contributed by atoms with E-state index in [1.54, 1.807) is 24.4 Å². The number of aliphatic hydroxyl groups is 1. The normalized spacial score (nSPS) is 12.7. The highest BCUT2D eigenvalue weighted by atomic mass is 19.4. The van der Waals surface area contributed by atoms with E-state index in [9.17, 15) is 18.0 Å². The molecule has 2 amide bonds. The number of aromatic nitrogens is 3. The van der Waals surface area contributed by atoms with Crippen LogP contribution < -0.4 is 5.32 Å². The first kappa shape index (κ1) is 17.7. The number of hydrogen-bond donors (Lipinski definition) is 2. The van der Waals surface area contributed by atoms with Gasteiger partial charge in [-0.25, -0.2) is 9.48 Å². The molecule has 1 unspecified atom stereocenters. The first-order valence-corrected chi connectivity index (χ1v) is 6.96. The van der Waals surface area contributed by atoms with Gasteiger partial charge in [0.15, 0.2) is 6.10 Å². The number of carbonyl (C=O) groups is 1. The molecule has 2 N–H and O–H groups in total. The number of likely N-dealkylation sites (N-methyl/N-ethyl adjacent to an activating group) is 1. The Hall–Kier alpha value is -2.62. The van der Waals surface area contributed by atoms with Gasteiger partial charge in [-0.05, 0) is 12.1 Å². The number of anilines is 1. The minimum absolute atomic E-state index is 0.290. The summed E-state index contributed by atoms with van der Waals surface area (Å²) in [5.41, 5.74) is 0.706. The van der Waals surface area contributed by atoms with E-state index in [-0.39, 0.29) is 0 Å². The number of nitrogens with zero attached hydrogens (tertiary/aromatic N) is 4. The van der Waals surface area contributed by atoms with E-state index in [0.29, 0.717) is 18.1 Å². The molecule has 0 saturated carbocycles. The Kier molecular flexibility index (Phi) is 5.39. The van der Waals surface area contributed by atoms with E-state index < -0.39 is 24.9 Å². The Labute approximate surface area is 135 Å². The Morgan fingerprint density at radius 1 is 1.38 bits per heavy atom. The highest BCUT2D eigenvalue weighted by molar-refractivity contribution is 5.88. The van der Waals surface area contributed by atoms with Crippen LogP contribution in [0.25, 0.3) is 0 Å². The third-order valence-corrected chi connectivity index (χ3v) is 3.16. The van der Waals surface area contributed by atoms with Gasteiger partial charge in [-0.1, -0.05) is 6.07 Å². The van der Waals surface area contributed by atoms with Crippen molar-refractivity contribution in [3.05, 3.63) is 42.4 Å². The lowest BCUT2D eigenvalue weighted by atomic mass is 10.3. The molecular formula is C14H16F3N5O2. The second-order valence-electron chi connectivity index (χ2n) is 5.06. The van der Waals surface area contributed by atoms with Gasteiger partial charge in [-0.15, -0.1) is 0 Å². The van der Waals surface area contributed by atoms with E-state index >= 15 is 0 Å². The Morgan fingerprint density at radius 3 is 2.75 bits per heavy atom. The van der Waals surface area contributed by atoms with E-state index in [4.69, 9.17) is 5.11 Å². The SMILES string of the molecule is CN(CC(O)C(F)(F)F)C(=O)Nc1ccnn1Cc1ccccn1. The summed E-state index contributed by atoms with van der Waals surface area (Å²) in [4.78, 5) is 16.8. The first-order chi connectivity index (χ1) is 11.3. The number of amides is 2. The predicted octanol–water partition coefficient (Wildman–Crippen LogP) is 1.71. The van der Waals surface area contributed by atoms with E-state index in [2.05, 4.69) is 15.4 Å². The van der Waals surface area contributed by atoms with Crippen molar-refractivity contribution in [2.45, 2.75) is 18.8 Å². The van der Waals surface area contributed by atoms with Crippen molar-refractivity contribution in [3.63, 3.8) is 0 Å². The maximum absolute atomic E-state index is 12.3. The zero-order chi connectivity index (χ0) is 17.7. The van der Waals surface area contributed by atoms with Crippen LogP contribution in [-0.4, -0.2) is 56.7 Å². The van der Waals surface area contributed by atoms with Gasteiger partial charge in [-0.3, -0.25) is 10.3 Å². The number of nitrogens with one attached hydrogen (secondary N) is 1. The molecule has 0 spiro atoms. The molecule has 0 aromatic carbocycles. The molecule has 2 heterocycles. The van der Waals surface area contributed by atoms with Crippen LogP contribution in [0, 0.1) is 0 Å². The van der Waals surface area contributed by atoms with Crippen LogP contribution in [0.15, 0.2) is 36.7 Å². The van der Waals surface area contributed by atoms with Gasteiger partial charge in [0.2, 0.25) is 0 Å². The lowest BCUT2D eigenvalue weighted by molar-refractivity contribution is -0.205. The predicted molar refractivity (Wildman–Crippen MR) is 79.3 cm³/mol. The summed E-state index contributed by atoms with van der Waals surface area (Å²) in [7, 11) is 1.16. The molecule has 0 aliphatic heterocycles. The fraction of sp³-hybridized carbons (Fsp3) is 0.357. The van der Waals surface area contributed by atoms with Gasteiger partial charge in [0, 0.05) is 19.3 Å². The number of halogens is 3. The first-order valence-electron chi connectivity index (χ1n) is 6.96. The molecule has 7 nitrogen and oxygen atoms in total. The average molecular weight is 343 g/mol. The second kappa shape index (κ2) is 7.30. The fourth-order valence-corrected chi connectivity index (χ4v) is 1.86. The van der Waals surface area contributed by atoms with Gasteiger partial charge in [0.05, 0.1) is 25.0 Å². The van der Waals surface area contributed by atoms with Crippen molar-refractivity contribution in [2.24, 2.45) is 0 Å². The van der Waals surface area contributed by atoms with Crippen molar-refractivity contribution < 1.29 is 23.1 Å². The molecule has 1 atom stereocenters. The van der Waals surface area contributed by atoms with E-state index in [0.717, 1.165) is 11.9 Å². The summed E-state index contributed by atoms with van der Waals surface area (Å²) in [5, 5.41) is 15.5. The Bertz CT molecular complexity index is 675. The van der Waals surface area contributed by atoms with Crippen molar-refractivity contribution in [1.29, 1.82) is 0 Å². The molecule has 130 valence electrons. The van der Waals surface area contributed by atoms with Crippen molar-refractivity contribution in [3.8, 4) is 0 Å². The summed E-state index contributed by atoms with van der Waals surface area (Å²) < 4.78 is 38.4. The summed E-state index contributed by atoms with van der Waals surface area (Å²) in [5.74, 6) is 0.305. The van der Waals surface area contributed by atoms with Gasteiger partial charge >= 0.3 is 12.2 Å². The summed E-state index contributed by atoms with van der Waals surface area (Å²) in [6.45, 7) is -0.581. The van der Waals surface area contributed by atoms with Crippen molar-refractivity contribution in [2.75, 3.05) is 18.9 Å². The molecular weight excluding hydrogens is 327 g/mol. The minimum Gasteiger partial charge on any atom is -0.382 e. The summed E-state index contributed by atoms with van der Waals surface area (Å²) in [6.07, 6.45) is -4.33. The molecule has 0 saturated heterocycles. The summed E-state index contributed by atoms with van der Waals surface area (Å²) >= 11 is 0. The van der Waals surface area contributed by atoms with Gasteiger partial charge in [0.1, 0.15) is 5.82 Å². The number of hydrogen-bond acceptors (Lipinski definition) is 4. The van der Waals surface area contributed by atoms with Gasteiger partial charge < -0.3 is 10.0 Å². The Morgan fingerprint density at radius 2 is 2.12 bits per heavy atom. The number of urea groups is 1. The quantitative estimate of drug-likeness (QED) is 0.866. The smallest absolute Gasteiger partial charge is 0.382 e. The van der Waals surface area contributed by atoms with Crippen LogP contribution in [0.4, 0.5) is 23.8 Å². The molecule has 0 aliphatic rings. The third-order valence-electron chi connectivity index (χ3n) is 3.16. The molecule has 2 aromatic rings. The van der Waals surface area contributed by atoms with Crippen LogP contribution in [-0.2, 0) is 6.54 Å². The van der Waals surface area contributed by atoms with Gasteiger partial charge in [0.25, 0.3) is 0 Å². The number of pyridine rings is 1. The number of alkyl halides is 3. The molecule has 2 rings (SSSR count). The minimum atomic E-state index is -4.78. The second-order valence-corrected chi connectivity index (χ2v) is 5.06. The molecule has 10 heteroatoms. The van der Waals surface area contributed by atoms with Crippen molar-refractivity contribution >= 4 is 11.8 Å². The molecule has 2 aromatic heterocycles. The Balaban J connectivity index is 1.99. The highest BCUT2D eigenvalue weighted by Crippen LogP contribution is 2.20. The third kappa shape index (κ3) is 4.69. The highest BCUT2D eigenvalue weighted by Gasteiger charge is 2.39. The number of carbonyl (C=O) groups excluding carboxylic acids is 1. The van der Waals surface area contributed by atoms with Crippen LogP contribution in [0.2, 0.25) is 0 Å². The number of rotatable bonds is 5. The maximum atomic E-state index is 12.3. The zero-order valence-corrected chi connectivity index (χ0v) is 12.7. The van der Waals surface area contributed by atoms with Crippen molar-refractivity contribution in [1.82, 2.24) is 19.7 Å². The molecule has 0 aliphatic carbocycles. The van der Waals surface area contributed by atoms with Gasteiger partial charge in [-0.2, -0.15) is 18.3 Å². The van der Waals surface area contributed by atoms with E-state index in [1.807, 2.05) is 0 Å².